The van der Waals surface area contributed by atoms with Crippen LogP contribution in [0.5, 0.6) is 0 Å². The van der Waals surface area contributed by atoms with Crippen LogP contribution in [0.2, 0.25) is 0 Å². The van der Waals surface area contributed by atoms with Crippen LogP contribution in [0.25, 0.3) is 0 Å². The Morgan fingerprint density at radius 3 is 2.00 bits per heavy atom. The van der Waals surface area contributed by atoms with Crippen molar-refractivity contribution in [2.75, 3.05) is 5.32 Å². The molecule has 0 aliphatic rings. The second-order valence-electron chi connectivity index (χ2n) is 9.09. The summed E-state index contributed by atoms with van der Waals surface area (Å²) in [4.78, 5) is 25.5. The van der Waals surface area contributed by atoms with Gasteiger partial charge < -0.3 is 15.5 Å². The summed E-state index contributed by atoms with van der Waals surface area (Å²) in [5.41, 5.74) is 2.77. The van der Waals surface area contributed by atoms with Gasteiger partial charge in [-0.25, -0.2) is 18.4 Å². The Morgan fingerprint density at radius 1 is 0.956 bits per heavy atom. The first kappa shape index (κ1) is 40.2. The molecule has 0 aliphatic heterocycles. The van der Waals surface area contributed by atoms with Crippen molar-refractivity contribution < 1.29 is 41.8 Å². The van der Waals surface area contributed by atoms with Gasteiger partial charge in [0.05, 0.1) is 23.0 Å². The molecular weight excluding hydrogens is 595 g/mol. The van der Waals surface area contributed by atoms with E-state index < -0.39 is 29.3 Å². The molecule has 0 bridgehead atoms. The summed E-state index contributed by atoms with van der Waals surface area (Å²) in [6, 6.07) is 10.6. The summed E-state index contributed by atoms with van der Waals surface area (Å²) in [5, 5.41) is 20.6. The largest absolute Gasteiger partial charge is 0.478 e. The summed E-state index contributed by atoms with van der Waals surface area (Å²) in [6.45, 7) is 15.5. The molecule has 3 N–H and O–H groups in total. The van der Waals surface area contributed by atoms with Gasteiger partial charge in [-0.3, -0.25) is 4.98 Å². The Labute approximate surface area is 260 Å². The number of nitrogens with one attached hydrogen (secondary N) is 1. The first-order valence-electron chi connectivity index (χ1n) is 13.8. The molecule has 0 radical (unpaired) electrons. The van der Waals surface area contributed by atoms with E-state index in [0.717, 1.165) is 12.0 Å². The van der Waals surface area contributed by atoms with Gasteiger partial charge in [-0.05, 0) is 98.9 Å². The van der Waals surface area contributed by atoms with Crippen molar-refractivity contribution in [2.45, 2.75) is 61.1 Å². The third-order valence-corrected chi connectivity index (χ3v) is 5.97. The van der Waals surface area contributed by atoms with E-state index >= 15 is 0 Å². The van der Waals surface area contributed by atoms with Crippen molar-refractivity contribution in [1.82, 2.24) is 4.98 Å². The number of aromatic carboxylic acids is 1. The third kappa shape index (κ3) is 14.0. The van der Waals surface area contributed by atoms with Gasteiger partial charge in [0.1, 0.15) is 11.6 Å². The van der Waals surface area contributed by atoms with Crippen LogP contribution < -0.4 is 5.32 Å². The molecule has 0 saturated heterocycles. The molecule has 0 unspecified atom stereocenters. The van der Waals surface area contributed by atoms with Crippen LogP contribution in [0.15, 0.2) is 90.3 Å². The number of hydrogen-bond donors (Lipinski definition) is 3. The standard InChI is InChI=1S/C13H11FN2O2.C10H11F3O2.C9H11F.C2H6/c1-8-6-9(14)2-3-11(8)16-12-7-15-5-4-10(12)13(17)18;1-4-6(2)8(9(14)15)5-7(3)10(11,12)13;1-3-8-6-9(10)5-4-7(8)2;1-2/h2-7,16H,1H3,(H,17,18);4-5H,3H2,1-2H3,(H,14,15);4-6H,3H2,1-2H3;1-2H3/b;6-4-,8-5+;;. The number of aryl methyl sites for hydroxylation is 3. The van der Waals surface area contributed by atoms with E-state index in [1.807, 2.05) is 33.8 Å². The van der Waals surface area contributed by atoms with E-state index in [9.17, 15) is 31.5 Å². The summed E-state index contributed by atoms with van der Waals surface area (Å²) < 4.78 is 61.7. The monoisotopic (exact) mass is 634 g/mol. The van der Waals surface area contributed by atoms with Crippen LogP contribution >= 0.6 is 0 Å². The molecule has 0 amide bonds. The van der Waals surface area contributed by atoms with Gasteiger partial charge in [-0.15, -0.1) is 0 Å². The fraction of sp³-hybridized carbons (Fsp3) is 0.265. The second-order valence-corrected chi connectivity index (χ2v) is 9.09. The molecule has 1 heterocycles. The molecule has 11 heteroatoms. The molecule has 45 heavy (non-hydrogen) atoms. The van der Waals surface area contributed by atoms with E-state index in [1.165, 1.54) is 55.2 Å². The third-order valence-electron chi connectivity index (χ3n) is 5.97. The predicted molar refractivity (Wildman–Crippen MR) is 168 cm³/mol. The van der Waals surface area contributed by atoms with Crippen LogP contribution in [-0.2, 0) is 11.2 Å². The smallest absolute Gasteiger partial charge is 0.415 e. The van der Waals surface area contributed by atoms with Gasteiger partial charge in [-0.1, -0.05) is 39.5 Å². The lowest BCUT2D eigenvalue weighted by Crippen LogP contribution is -2.11. The first-order chi connectivity index (χ1) is 21.0. The number of pyridine rings is 1. The number of nitrogens with zero attached hydrogens (tertiary/aromatic N) is 1. The quantitative estimate of drug-likeness (QED) is 0.136. The SMILES string of the molecule is C=C(/C=C(C(=O)O)\C(C)=C/C)C(F)(F)F.CC.CCc1cc(F)ccc1C.Cc1cc(F)ccc1Nc1cnccc1C(=O)O. The van der Waals surface area contributed by atoms with Crippen LogP contribution in [-0.4, -0.2) is 33.3 Å². The predicted octanol–water partition coefficient (Wildman–Crippen LogP) is 9.78. The highest BCUT2D eigenvalue weighted by molar-refractivity contribution is 5.95. The number of hydrogen-bond acceptors (Lipinski definition) is 4. The van der Waals surface area contributed by atoms with Crippen molar-refractivity contribution in [1.29, 1.82) is 0 Å². The van der Waals surface area contributed by atoms with Crippen LogP contribution in [0.1, 0.15) is 61.7 Å². The number of benzene rings is 2. The van der Waals surface area contributed by atoms with Gasteiger partial charge >= 0.3 is 18.1 Å². The van der Waals surface area contributed by atoms with Gasteiger partial charge in [0, 0.05) is 17.5 Å². The Hall–Kier alpha value is -4.80. The van der Waals surface area contributed by atoms with Crippen molar-refractivity contribution in [3.63, 3.8) is 0 Å². The average Bonchev–Trinajstić information content (AvgIpc) is 2.99. The highest BCUT2D eigenvalue weighted by Gasteiger charge is 2.31. The van der Waals surface area contributed by atoms with Crippen molar-refractivity contribution in [3.05, 3.63) is 124 Å². The lowest BCUT2D eigenvalue weighted by atomic mass is 10.0. The topological polar surface area (TPSA) is 99.5 Å². The molecule has 0 aliphatic carbocycles. The zero-order chi connectivity index (χ0) is 34.9. The highest BCUT2D eigenvalue weighted by atomic mass is 19.4. The molecule has 0 saturated carbocycles. The number of alkyl halides is 3. The molecule has 0 fully saturated rings. The second kappa shape index (κ2) is 19.5. The summed E-state index contributed by atoms with van der Waals surface area (Å²) in [6.07, 6.45) is 1.08. The number of carboxylic acids is 2. The Morgan fingerprint density at radius 2 is 1.53 bits per heavy atom. The van der Waals surface area contributed by atoms with Crippen molar-refractivity contribution in [2.24, 2.45) is 0 Å². The molecular formula is C34H39F5N2O4. The summed E-state index contributed by atoms with van der Waals surface area (Å²) in [7, 11) is 0. The molecule has 2 aromatic carbocycles. The van der Waals surface area contributed by atoms with E-state index in [1.54, 1.807) is 26.0 Å². The van der Waals surface area contributed by atoms with Crippen LogP contribution in [0, 0.1) is 25.5 Å². The number of halogens is 5. The number of anilines is 2. The molecule has 3 aromatic rings. The lowest BCUT2D eigenvalue weighted by Gasteiger charge is -2.11. The first-order valence-corrected chi connectivity index (χ1v) is 13.8. The van der Waals surface area contributed by atoms with E-state index in [2.05, 4.69) is 16.9 Å². The zero-order valence-electron chi connectivity index (χ0n) is 26.3. The Kier molecular flexibility index (Phi) is 17.4. The maximum absolute atomic E-state index is 13.0. The Bertz CT molecular complexity index is 1510. The van der Waals surface area contributed by atoms with Gasteiger partial charge in [0.2, 0.25) is 0 Å². The molecule has 6 nitrogen and oxygen atoms in total. The lowest BCUT2D eigenvalue weighted by molar-refractivity contribution is -0.132. The number of allylic oxidation sites excluding steroid dienone is 3. The summed E-state index contributed by atoms with van der Waals surface area (Å²) in [5.74, 6) is -2.92. The minimum atomic E-state index is -4.60. The fourth-order valence-corrected chi connectivity index (χ4v) is 3.37. The molecule has 3 rings (SSSR count). The van der Waals surface area contributed by atoms with Crippen LogP contribution in [0.4, 0.5) is 33.3 Å². The van der Waals surface area contributed by atoms with Crippen LogP contribution in [0.3, 0.4) is 0 Å². The number of aromatic nitrogens is 1. The van der Waals surface area contributed by atoms with E-state index in [0.29, 0.717) is 23.0 Å². The van der Waals surface area contributed by atoms with Gasteiger partial charge in [0.15, 0.2) is 0 Å². The number of rotatable bonds is 7. The normalized spacial score (nSPS) is 11.0. The zero-order valence-corrected chi connectivity index (χ0v) is 26.3. The molecule has 1 aromatic heterocycles. The van der Waals surface area contributed by atoms with Gasteiger partial charge in [0.25, 0.3) is 0 Å². The van der Waals surface area contributed by atoms with E-state index in [4.69, 9.17) is 10.2 Å². The maximum atomic E-state index is 13.0. The Balaban J connectivity index is 0.000000651. The number of carboxylic acid groups (broad SMARTS) is 2. The fourth-order valence-electron chi connectivity index (χ4n) is 3.37. The summed E-state index contributed by atoms with van der Waals surface area (Å²) >= 11 is 0. The molecule has 0 atom stereocenters. The maximum Gasteiger partial charge on any atom is 0.415 e. The van der Waals surface area contributed by atoms with Crippen molar-refractivity contribution in [3.8, 4) is 0 Å². The van der Waals surface area contributed by atoms with Crippen molar-refractivity contribution >= 4 is 23.3 Å². The molecule has 0 spiro atoms. The van der Waals surface area contributed by atoms with E-state index in [-0.39, 0.29) is 22.8 Å². The minimum Gasteiger partial charge on any atom is -0.478 e. The van der Waals surface area contributed by atoms with Gasteiger partial charge in [-0.2, -0.15) is 13.2 Å². The highest BCUT2D eigenvalue weighted by Crippen LogP contribution is 2.27. The average molecular weight is 635 g/mol. The molecule has 244 valence electrons. The minimum absolute atomic E-state index is 0.119. The number of aliphatic carboxylic acids is 1. The number of carbonyl (C=O) groups is 2.